The molecule has 0 unspecified atom stereocenters. The zero-order valence-corrected chi connectivity index (χ0v) is 12.9. The fourth-order valence-electron chi connectivity index (χ4n) is 1.89. The number of hydrogen-bond acceptors (Lipinski definition) is 5. The van der Waals surface area contributed by atoms with Gasteiger partial charge in [0.15, 0.2) is 0 Å². The number of carbonyl (C=O) groups excluding carboxylic acids is 1. The first-order valence-electron chi connectivity index (χ1n) is 6.91. The lowest BCUT2D eigenvalue weighted by Gasteiger charge is -2.11. The summed E-state index contributed by atoms with van der Waals surface area (Å²) in [6.07, 6.45) is 2.85. The van der Waals surface area contributed by atoms with E-state index in [0.29, 0.717) is 30.3 Å². The van der Waals surface area contributed by atoms with Gasteiger partial charge in [-0.25, -0.2) is 9.78 Å². The molecule has 23 heavy (non-hydrogen) atoms. The van der Waals surface area contributed by atoms with Crippen molar-refractivity contribution in [3.05, 3.63) is 47.1 Å². The van der Waals surface area contributed by atoms with Crippen LogP contribution in [0.2, 0.25) is 0 Å². The van der Waals surface area contributed by atoms with E-state index < -0.39 is 6.03 Å². The van der Waals surface area contributed by atoms with E-state index in [4.69, 9.17) is 9.47 Å². The van der Waals surface area contributed by atoms with Gasteiger partial charge in [0.25, 0.3) is 5.56 Å². The molecule has 1 heterocycles. The van der Waals surface area contributed by atoms with Crippen LogP contribution >= 0.6 is 0 Å². The van der Waals surface area contributed by atoms with Gasteiger partial charge in [-0.2, -0.15) is 0 Å². The quantitative estimate of drug-likeness (QED) is 0.831. The molecule has 0 saturated heterocycles. The minimum atomic E-state index is -0.391. The standard InChI is InChI=1S/C15H18N4O4/c1-22-12-7-11(8-13(9-12)23-2)18-15(21)17-5-6-19-10-16-4-3-14(19)20/h3-4,7-10H,5-6H2,1-2H3,(H2,17,18,21). The topological polar surface area (TPSA) is 94.5 Å². The number of anilines is 1. The van der Waals surface area contributed by atoms with Crippen molar-refractivity contribution < 1.29 is 14.3 Å². The number of aromatic nitrogens is 2. The molecule has 0 atom stereocenters. The van der Waals surface area contributed by atoms with Crippen molar-refractivity contribution in [1.82, 2.24) is 14.9 Å². The fraction of sp³-hybridized carbons (Fsp3) is 0.267. The molecule has 2 amide bonds. The molecule has 8 heteroatoms. The Labute approximate surface area is 133 Å². The van der Waals surface area contributed by atoms with Crippen LogP contribution in [0.15, 0.2) is 41.6 Å². The third-order valence-corrected chi connectivity index (χ3v) is 3.04. The summed E-state index contributed by atoms with van der Waals surface area (Å²) < 4.78 is 11.7. The van der Waals surface area contributed by atoms with E-state index in [2.05, 4.69) is 15.6 Å². The van der Waals surface area contributed by atoms with Crippen molar-refractivity contribution >= 4 is 11.7 Å². The van der Waals surface area contributed by atoms with Gasteiger partial charge in [0.05, 0.1) is 20.5 Å². The predicted octanol–water partition coefficient (Wildman–Crippen LogP) is 1.08. The number of nitrogens with zero attached hydrogens (tertiary/aromatic N) is 2. The molecule has 0 spiro atoms. The van der Waals surface area contributed by atoms with Gasteiger partial charge in [0.2, 0.25) is 0 Å². The summed E-state index contributed by atoms with van der Waals surface area (Å²) in [5.41, 5.74) is 0.372. The lowest BCUT2D eigenvalue weighted by molar-refractivity contribution is 0.251. The Balaban J connectivity index is 1.90. The second kappa shape index (κ2) is 7.83. The van der Waals surface area contributed by atoms with Crippen LogP contribution in [0.1, 0.15) is 0 Å². The van der Waals surface area contributed by atoms with Crippen LogP contribution in [-0.4, -0.2) is 36.3 Å². The minimum absolute atomic E-state index is 0.167. The Morgan fingerprint density at radius 1 is 1.22 bits per heavy atom. The summed E-state index contributed by atoms with van der Waals surface area (Å²) in [6.45, 7) is 0.625. The van der Waals surface area contributed by atoms with E-state index in [1.807, 2.05) is 0 Å². The number of ether oxygens (including phenoxy) is 2. The number of carbonyl (C=O) groups is 1. The molecule has 0 aliphatic heterocycles. The average Bonchev–Trinajstić information content (AvgIpc) is 2.56. The number of rotatable bonds is 6. The van der Waals surface area contributed by atoms with E-state index in [-0.39, 0.29) is 5.56 Å². The third kappa shape index (κ3) is 4.73. The third-order valence-electron chi connectivity index (χ3n) is 3.04. The monoisotopic (exact) mass is 318 g/mol. The zero-order chi connectivity index (χ0) is 16.7. The Morgan fingerprint density at radius 2 is 1.91 bits per heavy atom. The zero-order valence-electron chi connectivity index (χ0n) is 12.9. The first-order chi connectivity index (χ1) is 11.1. The number of methoxy groups -OCH3 is 2. The molecule has 122 valence electrons. The molecule has 1 aromatic heterocycles. The SMILES string of the molecule is COc1cc(NC(=O)NCCn2cnccc2=O)cc(OC)c1. The first-order valence-corrected chi connectivity index (χ1v) is 6.91. The molecule has 0 radical (unpaired) electrons. The highest BCUT2D eigenvalue weighted by atomic mass is 16.5. The van der Waals surface area contributed by atoms with Gasteiger partial charge < -0.3 is 20.1 Å². The number of urea groups is 1. The molecule has 2 N–H and O–H groups in total. The lowest BCUT2D eigenvalue weighted by atomic mass is 10.3. The summed E-state index contributed by atoms with van der Waals surface area (Å²) in [6, 6.07) is 6.03. The largest absolute Gasteiger partial charge is 0.497 e. The van der Waals surface area contributed by atoms with Crippen LogP contribution in [-0.2, 0) is 6.54 Å². The van der Waals surface area contributed by atoms with Crippen LogP contribution in [0.5, 0.6) is 11.5 Å². The molecule has 0 aliphatic carbocycles. The summed E-state index contributed by atoms with van der Waals surface area (Å²) in [5.74, 6) is 1.14. The maximum Gasteiger partial charge on any atom is 0.319 e. The van der Waals surface area contributed by atoms with Crippen LogP contribution in [0.3, 0.4) is 0 Å². The smallest absolute Gasteiger partial charge is 0.319 e. The molecule has 8 nitrogen and oxygen atoms in total. The molecule has 0 saturated carbocycles. The van der Waals surface area contributed by atoms with Crippen LogP contribution in [0.25, 0.3) is 0 Å². The van der Waals surface area contributed by atoms with Crippen molar-refractivity contribution in [3.8, 4) is 11.5 Å². The number of benzene rings is 1. The summed E-state index contributed by atoms with van der Waals surface area (Å²) in [7, 11) is 3.06. The first kappa shape index (κ1) is 16.3. The summed E-state index contributed by atoms with van der Waals surface area (Å²) in [4.78, 5) is 27.2. The van der Waals surface area contributed by atoms with E-state index >= 15 is 0 Å². The van der Waals surface area contributed by atoms with Gasteiger partial charge >= 0.3 is 6.03 Å². The van der Waals surface area contributed by atoms with Gasteiger partial charge in [0, 0.05) is 49.2 Å². The molecule has 2 rings (SSSR count). The molecule has 2 aromatic rings. The van der Waals surface area contributed by atoms with Crippen molar-refractivity contribution in [2.24, 2.45) is 0 Å². The molecule has 1 aromatic carbocycles. The van der Waals surface area contributed by atoms with Crippen LogP contribution < -0.4 is 25.7 Å². The second-order valence-corrected chi connectivity index (χ2v) is 4.59. The number of nitrogens with one attached hydrogen (secondary N) is 2. The molecule has 0 aliphatic rings. The summed E-state index contributed by atoms with van der Waals surface area (Å²) in [5, 5.41) is 5.34. The summed E-state index contributed by atoms with van der Waals surface area (Å²) >= 11 is 0. The number of amides is 2. The van der Waals surface area contributed by atoms with Crippen LogP contribution in [0, 0.1) is 0 Å². The van der Waals surface area contributed by atoms with E-state index in [1.54, 1.807) is 18.2 Å². The Bertz CT molecular complexity index is 707. The Kier molecular flexibility index (Phi) is 5.56. The Morgan fingerprint density at radius 3 is 2.52 bits per heavy atom. The van der Waals surface area contributed by atoms with E-state index in [0.717, 1.165) is 0 Å². The van der Waals surface area contributed by atoms with Gasteiger partial charge in [-0.1, -0.05) is 0 Å². The maximum atomic E-state index is 11.9. The van der Waals surface area contributed by atoms with Gasteiger partial charge in [-0.15, -0.1) is 0 Å². The van der Waals surface area contributed by atoms with Crippen molar-refractivity contribution in [2.45, 2.75) is 6.54 Å². The van der Waals surface area contributed by atoms with E-state index in [9.17, 15) is 9.59 Å². The molecule has 0 bridgehead atoms. The van der Waals surface area contributed by atoms with Gasteiger partial charge in [0.1, 0.15) is 11.5 Å². The highest BCUT2D eigenvalue weighted by Crippen LogP contribution is 2.25. The predicted molar refractivity (Wildman–Crippen MR) is 85.1 cm³/mol. The maximum absolute atomic E-state index is 11.9. The number of hydrogen-bond donors (Lipinski definition) is 2. The molecular formula is C15H18N4O4. The van der Waals surface area contributed by atoms with Crippen molar-refractivity contribution in [3.63, 3.8) is 0 Å². The van der Waals surface area contributed by atoms with Crippen molar-refractivity contribution in [1.29, 1.82) is 0 Å². The minimum Gasteiger partial charge on any atom is -0.497 e. The normalized spacial score (nSPS) is 10.0. The molecule has 0 fully saturated rings. The van der Waals surface area contributed by atoms with Gasteiger partial charge in [-0.3, -0.25) is 9.36 Å². The second-order valence-electron chi connectivity index (χ2n) is 4.59. The Hall–Kier alpha value is -3.03. The molecular weight excluding hydrogens is 300 g/mol. The highest BCUT2D eigenvalue weighted by Gasteiger charge is 2.06. The average molecular weight is 318 g/mol. The van der Waals surface area contributed by atoms with Gasteiger partial charge in [-0.05, 0) is 0 Å². The highest BCUT2D eigenvalue weighted by molar-refractivity contribution is 5.89. The van der Waals surface area contributed by atoms with Crippen LogP contribution in [0.4, 0.5) is 10.5 Å². The van der Waals surface area contributed by atoms with E-state index in [1.165, 1.54) is 37.4 Å². The fourth-order valence-corrected chi connectivity index (χ4v) is 1.89. The lowest BCUT2D eigenvalue weighted by Crippen LogP contribution is -2.33. The van der Waals surface area contributed by atoms with Crippen molar-refractivity contribution in [2.75, 3.05) is 26.1 Å².